The van der Waals surface area contributed by atoms with Crippen molar-refractivity contribution in [1.82, 2.24) is 24.3 Å². The molecule has 8 atom stereocenters. The van der Waals surface area contributed by atoms with Crippen molar-refractivity contribution in [2.45, 2.75) is 129 Å². The lowest BCUT2D eigenvalue weighted by Gasteiger charge is -2.47. The molecule has 6 N–H and O–H groups in total. The molecule has 3 aromatic carbocycles. The zero-order valence-electron chi connectivity index (χ0n) is 45.5. The lowest BCUT2D eigenvalue weighted by Crippen LogP contribution is -2.52. The first-order chi connectivity index (χ1) is 36.9. The van der Waals surface area contributed by atoms with Crippen molar-refractivity contribution in [3.05, 3.63) is 126 Å². The van der Waals surface area contributed by atoms with Crippen molar-refractivity contribution in [2.24, 2.45) is 0 Å². The average Bonchev–Trinajstić information content (AvgIpc) is 3.68. The van der Waals surface area contributed by atoms with Crippen LogP contribution < -0.4 is 46.2 Å². The minimum atomic E-state index is -5.88. The summed E-state index contributed by atoms with van der Waals surface area (Å²) in [6, 6.07) is 16.6. The molecule has 0 saturated carbocycles. The van der Waals surface area contributed by atoms with E-state index in [1.54, 1.807) is 11.9 Å². The van der Waals surface area contributed by atoms with Crippen LogP contribution in [0, 0.1) is 0 Å². The Balaban J connectivity index is 0.947. The minimum Gasteiger partial charge on any atom is -0.756 e. The SMILES string of the molecule is CCN1c2cc3c(cc2C(C)CC1(C)C)C(c1ccccc1C(=O)N(C)CCCC(=O)NC/C=C/c1cn([C@H]2C[C@H](O)[C@@H](COP(=O)(O)OP(=O)(O)OP(=O)([O-])O)O2)c(=O)[nH]c1=O)=c1cc2c(cc1O3)=[N+](CC)C(C)(C)CC2C. The molecule has 1 saturated heterocycles. The lowest BCUT2D eigenvalue weighted by molar-refractivity contribution is -0.212. The van der Waals surface area contributed by atoms with E-state index in [2.05, 4.69) is 113 Å². The molecule has 1 aromatic heterocycles. The van der Waals surface area contributed by atoms with Gasteiger partial charge in [0.2, 0.25) is 11.3 Å². The van der Waals surface area contributed by atoms with E-state index in [-0.39, 0.29) is 66.2 Å². The molecule has 5 heterocycles. The number of rotatable bonds is 19. The number of hydrogen-bond donors (Lipinski definition) is 6. The van der Waals surface area contributed by atoms with Gasteiger partial charge in [-0.2, -0.15) is 4.31 Å². The first-order valence-corrected chi connectivity index (χ1v) is 30.6. The summed E-state index contributed by atoms with van der Waals surface area (Å²) in [4.78, 5) is 98.0. The number of nitrogens with one attached hydrogen (secondary N) is 2. The van der Waals surface area contributed by atoms with E-state index in [0.717, 1.165) is 81.2 Å². The van der Waals surface area contributed by atoms with Gasteiger partial charge >= 0.3 is 21.3 Å². The number of ether oxygens (including phenoxy) is 2. The van der Waals surface area contributed by atoms with Gasteiger partial charge in [0.1, 0.15) is 30.4 Å². The summed E-state index contributed by atoms with van der Waals surface area (Å²) in [5, 5.41) is 15.4. The maximum atomic E-state index is 14.7. The number of aromatic nitrogens is 2. The van der Waals surface area contributed by atoms with E-state index in [0.29, 0.717) is 12.0 Å². The maximum absolute atomic E-state index is 14.7. The molecule has 4 aromatic rings. The molecule has 79 heavy (non-hydrogen) atoms. The number of aliphatic hydroxyl groups is 1. The summed E-state index contributed by atoms with van der Waals surface area (Å²) in [7, 11) is -15.6. The zero-order valence-corrected chi connectivity index (χ0v) is 48.2. The molecule has 4 aliphatic heterocycles. The van der Waals surface area contributed by atoms with Crippen molar-refractivity contribution in [2.75, 3.05) is 44.7 Å². The first-order valence-electron chi connectivity index (χ1n) is 26.1. The predicted molar refractivity (Wildman–Crippen MR) is 291 cm³/mol. The fourth-order valence-electron chi connectivity index (χ4n) is 11.8. The van der Waals surface area contributed by atoms with Gasteiger partial charge in [0, 0.05) is 96.9 Å². The third-order valence-electron chi connectivity index (χ3n) is 15.1. The number of carbonyl (C=O) groups is 2. The van der Waals surface area contributed by atoms with Crippen molar-refractivity contribution < 1.29 is 70.6 Å². The number of phosphoric acid groups is 3. The number of hydrogen-bond acceptors (Lipinski definition) is 15. The highest BCUT2D eigenvalue weighted by atomic mass is 31.3. The molecule has 428 valence electrons. The molecule has 0 spiro atoms. The third-order valence-corrected chi connectivity index (χ3v) is 18.9. The molecule has 26 heteroatoms. The van der Waals surface area contributed by atoms with Crippen LogP contribution >= 0.6 is 23.5 Å². The van der Waals surface area contributed by atoms with Crippen LogP contribution in [0.3, 0.4) is 0 Å². The Labute approximate surface area is 456 Å². The van der Waals surface area contributed by atoms with Crippen LogP contribution in [-0.2, 0) is 36.4 Å². The smallest absolute Gasteiger partial charge is 0.487 e. The zero-order chi connectivity index (χ0) is 57.7. The molecular formula is C53H69N6O17P3. The van der Waals surface area contributed by atoms with Crippen molar-refractivity contribution in [3.8, 4) is 11.5 Å². The van der Waals surface area contributed by atoms with Crippen LogP contribution in [0.15, 0.2) is 70.4 Å². The number of aliphatic hydroxyl groups excluding tert-OH is 1. The third kappa shape index (κ3) is 13.0. The molecule has 2 amide bonds. The highest BCUT2D eigenvalue weighted by Gasteiger charge is 2.43. The van der Waals surface area contributed by atoms with Crippen molar-refractivity contribution in [1.29, 1.82) is 0 Å². The molecule has 0 radical (unpaired) electrons. The van der Waals surface area contributed by atoms with E-state index in [1.165, 1.54) is 23.3 Å². The van der Waals surface area contributed by atoms with Crippen LogP contribution in [0.5, 0.6) is 11.5 Å². The van der Waals surface area contributed by atoms with E-state index in [9.17, 15) is 52.7 Å². The Kier molecular flexibility index (Phi) is 17.3. The van der Waals surface area contributed by atoms with Gasteiger partial charge in [-0.3, -0.25) is 33.0 Å². The molecule has 0 bridgehead atoms. The molecule has 8 rings (SSSR count). The molecule has 0 aliphatic carbocycles. The summed E-state index contributed by atoms with van der Waals surface area (Å²) in [6.45, 7) is 19.0. The van der Waals surface area contributed by atoms with Gasteiger partial charge in [0.05, 0.1) is 24.3 Å². The summed E-state index contributed by atoms with van der Waals surface area (Å²) in [5.41, 5.74) is 4.86. The highest BCUT2D eigenvalue weighted by molar-refractivity contribution is 7.66. The second-order valence-corrected chi connectivity index (χ2v) is 26.1. The van der Waals surface area contributed by atoms with Gasteiger partial charge in [-0.15, -0.1) is 0 Å². The number of H-pyrrole nitrogens is 1. The second kappa shape index (κ2) is 22.9. The Bertz CT molecular complexity index is 3500. The van der Waals surface area contributed by atoms with Gasteiger partial charge < -0.3 is 49.3 Å². The van der Waals surface area contributed by atoms with E-state index in [4.69, 9.17) is 14.4 Å². The lowest BCUT2D eigenvalue weighted by atomic mass is 9.77. The first kappa shape index (κ1) is 59.7. The largest absolute Gasteiger partial charge is 0.756 e. The normalized spacial score (nSPS) is 23.3. The standard InChI is InChI=1S/C53H69N6O17P3/c1-10-58-40-24-43-38(22-36(40)31(3)27-52(58,5)6)48(39-23-37-32(4)28-53(7,8)59(11-2)41(37)25-44(39)73-43)34-17-12-13-18-35(34)50(63)56(9)21-15-19-46(61)54-20-14-16-33-29-57(51(64)55-49(33)62)47-26-42(60)45(74-47)30-72-78(68,69)76-79(70,71)75-77(65,66)67/h12-14,16-18,22-25,29,31-32,42,45,47,60H,10-11,15,19-21,26-28,30H2,1-9H3,(H5-,54,55,61,62,64,65,66,67,68,69,70,71)/b16-14+/t31?,32?,42-,45+,47+/m0/s1. The monoisotopic (exact) mass is 1150 g/mol. The number of anilines is 1. The van der Waals surface area contributed by atoms with Crippen LogP contribution in [0.25, 0.3) is 11.6 Å². The van der Waals surface area contributed by atoms with E-state index in [1.807, 2.05) is 24.3 Å². The minimum absolute atomic E-state index is 0.0188. The van der Waals surface area contributed by atoms with Gasteiger partial charge in [-0.25, -0.2) is 22.8 Å². The molecule has 5 unspecified atom stereocenters. The maximum Gasteiger partial charge on any atom is 0.487 e. The molecule has 1 fully saturated rings. The number of nitrogens with zero attached hydrogens (tertiary/aromatic N) is 4. The highest BCUT2D eigenvalue weighted by Crippen LogP contribution is 2.65. The van der Waals surface area contributed by atoms with Gasteiger partial charge in [-0.05, 0) is 95.5 Å². The Morgan fingerprint density at radius 3 is 2.37 bits per heavy atom. The number of benzene rings is 3. The van der Waals surface area contributed by atoms with Gasteiger partial charge in [0.15, 0.2) is 5.54 Å². The summed E-state index contributed by atoms with van der Waals surface area (Å²) in [5.74, 6) is 1.47. The quantitative estimate of drug-likeness (QED) is 0.0476. The van der Waals surface area contributed by atoms with E-state index >= 15 is 0 Å². The van der Waals surface area contributed by atoms with Crippen LogP contribution in [-0.4, -0.2) is 109 Å². The molecular weight excluding hydrogens is 1090 g/mol. The molecule has 4 aliphatic rings. The Morgan fingerprint density at radius 2 is 1.67 bits per heavy atom. The number of carbonyl (C=O) groups excluding carboxylic acids is 2. The number of aromatic amines is 1. The Hall–Kier alpha value is -5.38. The summed E-state index contributed by atoms with van der Waals surface area (Å²) >= 11 is 0. The molecule has 23 nitrogen and oxygen atoms in total. The number of amides is 2. The predicted octanol–water partition coefficient (Wildman–Crippen LogP) is 4.84. The van der Waals surface area contributed by atoms with Crippen LogP contribution in [0.2, 0.25) is 0 Å². The van der Waals surface area contributed by atoms with E-state index < -0.39 is 59.8 Å². The van der Waals surface area contributed by atoms with Gasteiger partial charge in [0.25, 0.3) is 19.3 Å². The number of fused-ring (bicyclic) bond motifs is 4. The van der Waals surface area contributed by atoms with Crippen LogP contribution in [0.1, 0.15) is 144 Å². The fraction of sp³-hybridized carbons (Fsp3) is 0.491. The van der Waals surface area contributed by atoms with Crippen molar-refractivity contribution >= 4 is 52.6 Å². The van der Waals surface area contributed by atoms with Crippen molar-refractivity contribution in [3.63, 3.8) is 0 Å². The Morgan fingerprint density at radius 1 is 0.962 bits per heavy atom. The summed E-state index contributed by atoms with van der Waals surface area (Å²) < 4.78 is 62.3. The average molecular weight is 1160 g/mol. The topological polar surface area (TPSA) is 312 Å². The number of phosphoric ester groups is 1. The fourth-order valence-corrected chi connectivity index (χ4v) is 14.8. The van der Waals surface area contributed by atoms with Crippen LogP contribution in [0.4, 0.5) is 5.69 Å². The summed E-state index contributed by atoms with van der Waals surface area (Å²) in [6.07, 6.45) is 1.81. The van der Waals surface area contributed by atoms with Gasteiger partial charge in [-0.1, -0.05) is 44.2 Å². The second-order valence-electron chi connectivity index (χ2n) is 21.7.